The first-order valence-corrected chi connectivity index (χ1v) is 12.8. The molecule has 0 aliphatic heterocycles. The van der Waals surface area contributed by atoms with E-state index in [2.05, 4.69) is 10.5 Å². The second-order valence-electron chi connectivity index (χ2n) is 7.62. The SMILES string of the molecule is COc1ccc(N([C@@H](C)C(=O)N/N=C\c2ccc(OCc3ccccc3Cl)cc2)S(C)(=O)=O)cc1. The zero-order valence-corrected chi connectivity index (χ0v) is 21.1. The Morgan fingerprint density at radius 3 is 2.29 bits per heavy atom. The normalized spacial score (nSPS) is 12.2. The number of methoxy groups -OCH3 is 1. The number of ether oxygens (including phenoxy) is 2. The molecule has 8 nitrogen and oxygen atoms in total. The van der Waals surface area contributed by atoms with Crippen molar-refractivity contribution in [2.24, 2.45) is 5.10 Å². The number of nitrogens with zero attached hydrogens (tertiary/aromatic N) is 2. The van der Waals surface area contributed by atoms with E-state index in [9.17, 15) is 13.2 Å². The van der Waals surface area contributed by atoms with Gasteiger partial charge in [0.25, 0.3) is 5.91 Å². The van der Waals surface area contributed by atoms with Crippen LogP contribution in [0.5, 0.6) is 11.5 Å². The predicted molar refractivity (Wildman–Crippen MR) is 138 cm³/mol. The fourth-order valence-electron chi connectivity index (χ4n) is 3.23. The third-order valence-corrected chi connectivity index (χ3v) is 6.65. The fraction of sp³-hybridized carbons (Fsp3) is 0.200. The molecule has 0 radical (unpaired) electrons. The minimum atomic E-state index is -3.73. The average Bonchev–Trinajstić information content (AvgIpc) is 2.84. The second-order valence-corrected chi connectivity index (χ2v) is 9.88. The Balaban J connectivity index is 1.60. The minimum absolute atomic E-state index is 0.339. The number of nitrogens with one attached hydrogen (secondary N) is 1. The molecule has 0 spiro atoms. The van der Waals surface area contributed by atoms with E-state index in [1.807, 2.05) is 18.2 Å². The maximum atomic E-state index is 12.6. The van der Waals surface area contributed by atoms with Crippen LogP contribution in [0.25, 0.3) is 0 Å². The molecule has 0 saturated heterocycles. The first kappa shape index (κ1) is 26.1. The Hall–Kier alpha value is -3.56. The summed E-state index contributed by atoms with van der Waals surface area (Å²) in [5, 5.41) is 4.60. The van der Waals surface area contributed by atoms with Crippen LogP contribution >= 0.6 is 11.6 Å². The molecule has 1 atom stereocenters. The Morgan fingerprint density at radius 2 is 1.69 bits per heavy atom. The highest BCUT2D eigenvalue weighted by Crippen LogP contribution is 2.24. The van der Waals surface area contributed by atoms with Gasteiger partial charge in [-0.2, -0.15) is 5.10 Å². The molecular formula is C25H26ClN3O5S. The summed E-state index contributed by atoms with van der Waals surface area (Å²) in [6.45, 7) is 1.83. The van der Waals surface area contributed by atoms with Crippen LogP contribution < -0.4 is 19.2 Å². The van der Waals surface area contributed by atoms with Gasteiger partial charge in [0.05, 0.1) is 25.3 Å². The van der Waals surface area contributed by atoms with E-state index in [1.54, 1.807) is 54.6 Å². The molecule has 0 saturated carbocycles. The number of amides is 1. The van der Waals surface area contributed by atoms with Crippen LogP contribution in [0.1, 0.15) is 18.1 Å². The minimum Gasteiger partial charge on any atom is -0.497 e. The van der Waals surface area contributed by atoms with Crippen molar-refractivity contribution in [3.63, 3.8) is 0 Å². The summed E-state index contributed by atoms with van der Waals surface area (Å²) in [6, 6.07) is 19.9. The third kappa shape index (κ3) is 7.21. The Bertz CT molecular complexity index is 1280. The Kier molecular flexibility index (Phi) is 8.73. The average molecular weight is 516 g/mol. The highest BCUT2D eigenvalue weighted by atomic mass is 35.5. The number of sulfonamides is 1. The molecule has 0 heterocycles. The van der Waals surface area contributed by atoms with Gasteiger partial charge in [0.2, 0.25) is 10.0 Å². The van der Waals surface area contributed by atoms with Crippen LogP contribution in [-0.4, -0.2) is 39.9 Å². The molecule has 10 heteroatoms. The molecule has 0 aliphatic rings. The topological polar surface area (TPSA) is 97.3 Å². The predicted octanol–water partition coefficient (Wildman–Crippen LogP) is 4.23. The first-order chi connectivity index (χ1) is 16.7. The van der Waals surface area contributed by atoms with Crippen LogP contribution in [-0.2, 0) is 21.4 Å². The summed E-state index contributed by atoms with van der Waals surface area (Å²) >= 11 is 6.14. The number of benzene rings is 3. The van der Waals surface area contributed by atoms with Crippen molar-refractivity contribution >= 4 is 39.4 Å². The zero-order valence-electron chi connectivity index (χ0n) is 19.5. The van der Waals surface area contributed by atoms with Crippen LogP contribution in [0, 0.1) is 0 Å². The van der Waals surface area contributed by atoms with Gasteiger partial charge >= 0.3 is 0 Å². The number of halogens is 1. The molecule has 3 aromatic carbocycles. The fourth-order valence-corrected chi connectivity index (χ4v) is 4.59. The maximum absolute atomic E-state index is 12.6. The number of hydrazone groups is 1. The van der Waals surface area contributed by atoms with Gasteiger partial charge in [-0.15, -0.1) is 0 Å². The molecule has 0 aromatic heterocycles. The summed E-state index contributed by atoms with van der Waals surface area (Å²) < 4.78 is 36.6. The highest BCUT2D eigenvalue weighted by molar-refractivity contribution is 7.92. The van der Waals surface area contributed by atoms with E-state index in [0.717, 1.165) is 21.7 Å². The van der Waals surface area contributed by atoms with Gasteiger partial charge in [0, 0.05) is 10.6 Å². The summed E-state index contributed by atoms with van der Waals surface area (Å²) in [5.41, 5.74) is 4.34. The van der Waals surface area contributed by atoms with Gasteiger partial charge in [-0.25, -0.2) is 13.8 Å². The van der Waals surface area contributed by atoms with Crippen LogP contribution in [0.2, 0.25) is 5.02 Å². The van der Waals surface area contributed by atoms with E-state index in [-0.39, 0.29) is 0 Å². The van der Waals surface area contributed by atoms with E-state index in [4.69, 9.17) is 21.1 Å². The highest BCUT2D eigenvalue weighted by Gasteiger charge is 2.29. The van der Waals surface area contributed by atoms with Crippen molar-refractivity contribution in [1.29, 1.82) is 0 Å². The lowest BCUT2D eigenvalue weighted by Crippen LogP contribution is -2.46. The van der Waals surface area contributed by atoms with E-state index in [1.165, 1.54) is 20.2 Å². The van der Waals surface area contributed by atoms with Gasteiger partial charge in [0.15, 0.2) is 0 Å². The molecule has 35 heavy (non-hydrogen) atoms. The van der Waals surface area contributed by atoms with E-state index in [0.29, 0.717) is 28.8 Å². The quantitative estimate of drug-likeness (QED) is 0.322. The van der Waals surface area contributed by atoms with Crippen molar-refractivity contribution in [2.45, 2.75) is 19.6 Å². The molecule has 1 N–H and O–H groups in total. The molecule has 0 fully saturated rings. The van der Waals surface area contributed by atoms with Gasteiger partial charge in [0.1, 0.15) is 24.1 Å². The molecule has 3 aromatic rings. The lowest BCUT2D eigenvalue weighted by molar-refractivity contribution is -0.121. The van der Waals surface area contributed by atoms with Gasteiger partial charge in [-0.3, -0.25) is 9.10 Å². The molecule has 184 valence electrons. The lowest BCUT2D eigenvalue weighted by Gasteiger charge is -2.27. The van der Waals surface area contributed by atoms with Crippen molar-refractivity contribution < 1.29 is 22.7 Å². The van der Waals surface area contributed by atoms with Gasteiger partial charge in [-0.1, -0.05) is 29.8 Å². The van der Waals surface area contributed by atoms with Crippen molar-refractivity contribution in [3.8, 4) is 11.5 Å². The van der Waals surface area contributed by atoms with Crippen LogP contribution in [0.15, 0.2) is 77.9 Å². The lowest BCUT2D eigenvalue weighted by atomic mass is 10.2. The second kappa shape index (κ2) is 11.7. The van der Waals surface area contributed by atoms with Crippen molar-refractivity contribution in [3.05, 3.63) is 88.9 Å². The molecular weight excluding hydrogens is 490 g/mol. The summed E-state index contributed by atoms with van der Waals surface area (Å²) in [4.78, 5) is 12.6. The van der Waals surface area contributed by atoms with E-state index >= 15 is 0 Å². The molecule has 1 amide bonds. The van der Waals surface area contributed by atoms with Crippen LogP contribution in [0.4, 0.5) is 5.69 Å². The third-order valence-electron chi connectivity index (χ3n) is 5.04. The number of rotatable bonds is 10. The zero-order chi connectivity index (χ0) is 25.4. The van der Waals surface area contributed by atoms with Crippen LogP contribution in [0.3, 0.4) is 0 Å². The summed E-state index contributed by atoms with van der Waals surface area (Å²) in [7, 11) is -2.22. The largest absolute Gasteiger partial charge is 0.497 e. The molecule has 3 rings (SSSR count). The monoisotopic (exact) mass is 515 g/mol. The molecule has 0 aliphatic carbocycles. The smallest absolute Gasteiger partial charge is 0.263 e. The molecule has 0 bridgehead atoms. The standard InChI is InChI=1S/C25H26ClN3O5S/c1-18(29(35(3,31)32)21-10-14-22(33-2)15-11-21)25(30)28-27-16-19-8-12-23(13-9-19)34-17-20-6-4-5-7-24(20)26/h4-16,18H,17H2,1-3H3,(H,28,30)/b27-16-/t18-/m0/s1. The number of carbonyl (C=O) groups excluding carboxylic acids is 1. The van der Waals surface area contributed by atoms with Gasteiger partial charge < -0.3 is 9.47 Å². The maximum Gasteiger partial charge on any atom is 0.263 e. The van der Waals surface area contributed by atoms with Crippen molar-refractivity contribution in [1.82, 2.24) is 5.43 Å². The summed E-state index contributed by atoms with van der Waals surface area (Å²) in [6.07, 6.45) is 2.50. The number of anilines is 1. The van der Waals surface area contributed by atoms with Crippen molar-refractivity contribution in [2.75, 3.05) is 17.7 Å². The summed E-state index contributed by atoms with van der Waals surface area (Å²) in [5.74, 6) is 0.648. The number of carbonyl (C=O) groups is 1. The van der Waals surface area contributed by atoms with Gasteiger partial charge in [-0.05, 0) is 67.1 Å². The number of hydrogen-bond acceptors (Lipinski definition) is 6. The Labute approximate surface area is 210 Å². The Morgan fingerprint density at radius 1 is 1.06 bits per heavy atom. The molecule has 0 unspecified atom stereocenters. The first-order valence-electron chi connectivity index (χ1n) is 10.6. The number of hydrogen-bond donors (Lipinski definition) is 1. The van der Waals surface area contributed by atoms with E-state index < -0.39 is 22.0 Å².